The second-order valence-corrected chi connectivity index (χ2v) is 4.45. The summed E-state index contributed by atoms with van der Waals surface area (Å²) in [5.74, 6) is 0.588. The standard InChI is InChI=1S/C13H16O4/c1-8-7-13(8,12(14)15)9-4-5-10(16-2)11(6-9)17-3/h4-6,8H,7H2,1-3H3,(H,14,15). The molecule has 17 heavy (non-hydrogen) atoms. The van der Waals surface area contributed by atoms with E-state index in [9.17, 15) is 9.90 Å². The Kier molecular flexibility index (Phi) is 2.73. The van der Waals surface area contributed by atoms with Crippen LogP contribution in [0.2, 0.25) is 0 Å². The van der Waals surface area contributed by atoms with Crippen LogP contribution in [-0.4, -0.2) is 25.3 Å². The smallest absolute Gasteiger partial charge is 0.314 e. The van der Waals surface area contributed by atoms with Gasteiger partial charge in [-0.05, 0) is 30.0 Å². The Morgan fingerprint density at radius 3 is 2.35 bits per heavy atom. The number of benzene rings is 1. The molecule has 2 atom stereocenters. The molecule has 0 spiro atoms. The highest BCUT2D eigenvalue weighted by atomic mass is 16.5. The van der Waals surface area contributed by atoms with E-state index in [1.807, 2.05) is 6.92 Å². The van der Waals surface area contributed by atoms with Crippen LogP contribution in [0.5, 0.6) is 11.5 Å². The maximum Gasteiger partial charge on any atom is 0.314 e. The van der Waals surface area contributed by atoms with Crippen molar-refractivity contribution in [2.45, 2.75) is 18.8 Å². The second-order valence-electron chi connectivity index (χ2n) is 4.45. The zero-order chi connectivity index (χ0) is 12.6. The average Bonchev–Trinajstić information content (AvgIpc) is 3.01. The highest BCUT2D eigenvalue weighted by Crippen LogP contribution is 2.55. The zero-order valence-corrected chi connectivity index (χ0v) is 10.2. The summed E-state index contributed by atoms with van der Waals surface area (Å²) in [7, 11) is 3.11. The Morgan fingerprint density at radius 1 is 1.35 bits per heavy atom. The molecule has 0 aromatic heterocycles. The fourth-order valence-electron chi connectivity index (χ4n) is 2.36. The highest BCUT2D eigenvalue weighted by molar-refractivity contribution is 5.86. The topological polar surface area (TPSA) is 55.8 Å². The lowest BCUT2D eigenvalue weighted by atomic mass is 9.93. The molecule has 0 heterocycles. The Balaban J connectivity index is 2.44. The third-order valence-corrected chi connectivity index (χ3v) is 3.59. The van der Waals surface area contributed by atoms with E-state index in [0.29, 0.717) is 17.9 Å². The first kappa shape index (κ1) is 11.8. The van der Waals surface area contributed by atoms with Gasteiger partial charge < -0.3 is 14.6 Å². The summed E-state index contributed by atoms with van der Waals surface area (Å²) in [6, 6.07) is 5.32. The number of hydrogen-bond donors (Lipinski definition) is 1. The molecule has 0 bridgehead atoms. The minimum absolute atomic E-state index is 0.165. The van der Waals surface area contributed by atoms with Gasteiger partial charge in [-0.25, -0.2) is 0 Å². The first-order chi connectivity index (χ1) is 8.06. The van der Waals surface area contributed by atoms with Crippen LogP contribution in [-0.2, 0) is 10.2 Å². The molecular formula is C13H16O4. The molecule has 2 rings (SSSR count). The Hall–Kier alpha value is -1.71. The van der Waals surface area contributed by atoms with Gasteiger partial charge in [0, 0.05) is 0 Å². The number of methoxy groups -OCH3 is 2. The van der Waals surface area contributed by atoms with E-state index in [4.69, 9.17) is 9.47 Å². The lowest BCUT2D eigenvalue weighted by molar-refractivity contribution is -0.140. The number of ether oxygens (including phenoxy) is 2. The van der Waals surface area contributed by atoms with E-state index in [1.54, 1.807) is 32.4 Å². The number of hydrogen-bond acceptors (Lipinski definition) is 3. The Morgan fingerprint density at radius 2 is 1.94 bits per heavy atom. The molecule has 0 saturated heterocycles. The first-order valence-corrected chi connectivity index (χ1v) is 5.52. The van der Waals surface area contributed by atoms with Gasteiger partial charge >= 0.3 is 5.97 Å². The number of rotatable bonds is 4. The Labute approximate surface area is 100 Å². The van der Waals surface area contributed by atoms with E-state index in [2.05, 4.69) is 0 Å². The summed E-state index contributed by atoms with van der Waals surface area (Å²) in [4.78, 5) is 11.4. The molecule has 0 aliphatic heterocycles. The van der Waals surface area contributed by atoms with Crippen LogP contribution in [0, 0.1) is 5.92 Å². The number of carboxylic acids is 1. The van der Waals surface area contributed by atoms with Crippen LogP contribution >= 0.6 is 0 Å². The third kappa shape index (κ3) is 1.64. The molecule has 4 heteroatoms. The average molecular weight is 236 g/mol. The third-order valence-electron chi connectivity index (χ3n) is 3.59. The lowest BCUT2D eigenvalue weighted by Gasteiger charge is -2.15. The van der Waals surface area contributed by atoms with Gasteiger partial charge in [0.05, 0.1) is 19.6 Å². The molecule has 1 saturated carbocycles. The molecule has 4 nitrogen and oxygen atoms in total. The quantitative estimate of drug-likeness (QED) is 0.869. The molecule has 0 radical (unpaired) electrons. The molecule has 1 fully saturated rings. The van der Waals surface area contributed by atoms with Gasteiger partial charge in [-0.1, -0.05) is 13.0 Å². The number of carbonyl (C=O) groups is 1. The van der Waals surface area contributed by atoms with Gasteiger partial charge in [0.1, 0.15) is 0 Å². The van der Waals surface area contributed by atoms with Crippen LogP contribution in [0.4, 0.5) is 0 Å². The summed E-state index contributed by atoms with van der Waals surface area (Å²) in [6.07, 6.45) is 0.678. The van der Waals surface area contributed by atoms with Crippen molar-refractivity contribution in [3.8, 4) is 11.5 Å². The molecule has 1 aromatic rings. The largest absolute Gasteiger partial charge is 0.493 e. The fourth-order valence-corrected chi connectivity index (χ4v) is 2.36. The molecule has 92 valence electrons. The van der Waals surface area contributed by atoms with Crippen molar-refractivity contribution < 1.29 is 19.4 Å². The first-order valence-electron chi connectivity index (χ1n) is 5.52. The second kappa shape index (κ2) is 3.95. The van der Waals surface area contributed by atoms with E-state index in [-0.39, 0.29) is 5.92 Å². The monoisotopic (exact) mass is 236 g/mol. The van der Waals surface area contributed by atoms with E-state index < -0.39 is 11.4 Å². The van der Waals surface area contributed by atoms with Crippen LogP contribution in [0.3, 0.4) is 0 Å². The predicted molar refractivity (Wildman–Crippen MR) is 62.6 cm³/mol. The minimum atomic E-state index is -0.766. The van der Waals surface area contributed by atoms with E-state index >= 15 is 0 Å². The normalized spacial score (nSPS) is 26.4. The maximum absolute atomic E-state index is 11.4. The molecule has 0 amide bonds. The van der Waals surface area contributed by atoms with Gasteiger partial charge in [0.15, 0.2) is 11.5 Å². The van der Waals surface area contributed by atoms with E-state index in [1.165, 1.54) is 0 Å². The molecular weight excluding hydrogens is 220 g/mol. The zero-order valence-electron chi connectivity index (χ0n) is 10.2. The predicted octanol–water partition coefficient (Wildman–Crippen LogP) is 2.07. The lowest BCUT2D eigenvalue weighted by Crippen LogP contribution is -2.21. The van der Waals surface area contributed by atoms with Crippen molar-refractivity contribution in [2.75, 3.05) is 14.2 Å². The van der Waals surface area contributed by atoms with Crippen molar-refractivity contribution >= 4 is 5.97 Å². The minimum Gasteiger partial charge on any atom is -0.493 e. The van der Waals surface area contributed by atoms with Crippen molar-refractivity contribution in [1.82, 2.24) is 0 Å². The summed E-state index contributed by atoms with van der Waals surface area (Å²) >= 11 is 0. The number of carboxylic acid groups (broad SMARTS) is 1. The Bertz CT molecular complexity index is 455. The summed E-state index contributed by atoms with van der Waals surface area (Å²) < 4.78 is 10.3. The van der Waals surface area contributed by atoms with Crippen LogP contribution in [0.1, 0.15) is 18.9 Å². The molecule has 2 unspecified atom stereocenters. The summed E-state index contributed by atoms with van der Waals surface area (Å²) in [5.41, 5.74) is 0.0506. The van der Waals surface area contributed by atoms with Crippen molar-refractivity contribution in [3.05, 3.63) is 23.8 Å². The van der Waals surface area contributed by atoms with Gasteiger partial charge in [-0.2, -0.15) is 0 Å². The molecule has 1 aliphatic carbocycles. The maximum atomic E-state index is 11.4. The molecule has 1 aliphatic rings. The fraction of sp³-hybridized carbons (Fsp3) is 0.462. The summed E-state index contributed by atoms with van der Waals surface area (Å²) in [5, 5.41) is 9.35. The number of aliphatic carboxylic acids is 1. The van der Waals surface area contributed by atoms with Crippen molar-refractivity contribution in [2.24, 2.45) is 5.92 Å². The van der Waals surface area contributed by atoms with Crippen LogP contribution in [0.25, 0.3) is 0 Å². The van der Waals surface area contributed by atoms with Gasteiger partial charge in [0.2, 0.25) is 0 Å². The van der Waals surface area contributed by atoms with Crippen LogP contribution < -0.4 is 9.47 Å². The van der Waals surface area contributed by atoms with Gasteiger partial charge in [-0.15, -0.1) is 0 Å². The summed E-state index contributed by atoms with van der Waals surface area (Å²) in [6.45, 7) is 1.95. The molecule has 1 aromatic carbocycles. The van der Waals surface area contributed by atoms with Crippen molar-refractivity contribution in [1.29, 1.82) is 0 Å². The van der Waals surface area contributed by atoms with Crippen molar-refractivity contribution in [3.63, 3.8) is 0 Å². The highest BCUT2D eigenvalue weighted by Gasteiger charge is 2.59. The van der Waals surface area contributed by atoms with Gasteiger partial charge in [-0.3, -0.25) is 4.79 Å². The van der Waals surface area contributed by atoms with Gasteiger partial charge in [0.25, 0.3) is 0 Å². The SMILES string of the molecule is COc1ccc(C2(C(=O)O)CC2C)cc1OC. The van der Waals surface area contributed by atoms with Crippen LogP contribution in [0.15, 0.2) is 18.2 Å². The van der Waals surface area contributed by atoms with E-state index in [0.717, 1.165) is 5.56 Å². The molecule has 1 N–H and O–H groups in total.